The van der Waals surface area contributed by atoms with E-state index < -0.39 is 0 Å². The van der Waals surface area contributed by atoms with Crippen LogP contribution in [0.4, 0.5) is 0 Å². The van der Waals surface area contributed by atoms with Crippen LogP contribution in [0.2, 0.25) is 0 Å². The maximum absolute atomic E-state index is 5.65. The van der Waals surface area contributed by atoms with Crippen LogP contribution in [0.1, 0.15) is 37.3 Å². The van der Waals surface area contributed by atoms with Crippen molar-refractivity contribution in [2.75, 3.05) is 13.2 Å². The van der Waals surface area contributed by atoms with Gasteiger partial charge in [-0.1, -0.05) is 6.08 Å². The fourth-order valence-electron chi connectivity index (χ4n) is 2.90. The van der Waals surface area contributed by atoms with Gasteiger partial charge in [-0.05, 0) is 37.7 Å². The lowest BCUT2D eigenvalue weighted by molar-refractivity contribution is 0.0948. The van der Waals surface area contributed by atoms with Crippen molar-refractivity contribution in [3.8, 4) is 0 Å². The lowest BCUT2D eigenvalue weighted by Crippen LogP contribution is -2.34. The minimum atomic E-state index is 0.0748. The summed E-state index contributed by atoms with van der Waals surface area (Å²) in [4.78, 5) is 0. The van der Waals surface area contributed by atoms with Crippen LogP contribution in [0.3, 0.4) is 0 Å². The van der Waals surface area contributed by atoms with Gasteiger partial charge < -0.3 is 4.74 Å². The van der Waals surface area contributed by atoms with Gasteiger partial charge in [-0.2, -0.15) is 5.10 Å². The molecule has 0 spiro atoms. The molecule has 2 fully saturated rings. The van der Waals surface area contributed by atoms with Gasteiger partial charge in [-0.3, -0.25) is 4.68 Å². The van der Waals surface area contributed by atoms with E-state index in [9.17, 15) is 0 Å². The van der Waals surface area contributed by atoms with Crippen molar-refractivity contribution in [3.05, 3.63) is 30.1 Å². The van der Waals surface area contributed by atoms with E-state index in [1.807, 2.05) is 6.20 Å². The number of hydrogen-bond donors (Lipinski definition) is 0. The normalized spacial score (nSPS) is 32.9. The lowest BCUT2D eigenvalue weighted by Gasteiger charge is -2.32. The summed E-state index contributed by atoms with van der Waals surface area (Å²) in [7, 11) is 0. The highest BCUT2D eigenvalue weighted by Gasteiger charge is 2.46. The Morgan fingerprint density at radius 2 is 2.24 bits per heavy atom. The van der Waals surface area contributed by atoms with E-state index in [0.29, 0.717) is 12.6 Å². The molecule has 17 heavy (non-hydrogen) atoms. The lowest BCUT2D eigenvalue weighted by atomic mass is 9.77. The first-order valence-corrected chi connectivity index (χ1v) is 6.59. The third-order valence-corrected chi connectivity index (χ3v) is 4.25. The predicted molar refractivity (Wildman–Crippen MR) is 63.5 cm³/mol. The van der Waals surface area contributed by atoms with E-state index >= 15 is 0 Å². The molecule has 0 saturated heterocycles. The molecule has 3 aliphatic rings. The van der Waals surface area contributed by atoms with Crippen molar-refractivity contribution in [3.63, 3.8) is 0 Å². The van der Waals surface area contributed by atoms with E-state index in [-0.39, 0.29) is 5.41 Å². The molecule has 0 amide bonds. The summed E-state index contributed by atoms with van der Waals surface area (Å²) in [5.74, 6) is 0.743. The van der Waals surface area contributed by atoms with Crippen molar-refractivity contribution in [1.82, 2.24) is 9.78 Å². The third-order valence-electron chi connectivity index (χ3n) is 4.25. The van der Waals surface area contributed by atoms with Crippen LogP contribution in [0.5, 0.6) is 0 Å². The van der Waals surface area contributed by atoms with E-state index in [1.54, 1.807) is 0 Å². The molecule has 1 aliphatic heterocycles. The first-order valence-electron chi connectivity index (χ1n) is 6.59. The molecule has 4 rings (SSSR count). The van der Waals surface area contributed by atoms with Gasteiger partial charge in [0.15, 0.2) is 0 Å². The number of aromatic nitrogens is 2. The second kappa shape index (κ2) is 3.45. The summed E-state index contributed by atoms with van der Waals surface area (Å²) < 4.78 is 7.79. The smallest absolute Gasteiger partial charge is 0.0718 e. The van der Waals surface area contributed by atoms with E-state index in [0.717, 1.165) is 12.5 Å². The molecular formula is C14H17N2O. The topological polar surface area (TPSA) is 27.1 Å². The summed E-state index contributed by atoms with van der Waals surface area (Å²) >= 11 is 0. The Morgan fingerprint density at radius 1 is 1.35 bits per heavy atom. The van der Waals surface area contributed by atoms with Gasteiger partial charge in [0, 0.05) is 17.2 Å². The molecule has 0 bridgehead atoms. The Hall–Kier alpha value is -1.09. The second-order valence-corrected chi connectivity index (χ2v) is 5.60. The number of nitrogens with zero attached hydrogens (tertiary/aromatic N) is 2. The summed E-state index contributed by atoms with van der Waals surface area (Å²) in [6.07, 6.45) is 15.0. The van der Waals surface area contributed by atoms with Crippen LogP contribution < -0.4 is 0 Å². The molecule has 3 nitrogen and oxygen atoms in total. The average molecular weight is 229 g/mol. The van der Waals surface area contributed by atoms with Crippen LogP contribution in [0.25, 0.3) is 0 Å². The van der Waals surface area contributed by atoms with Gasteiger partial charge in [0.25, 0.3) is 0 Å². The fourth-order valence-corrected chi connectivity index (χ4v) is 2.90. The SMILES string of the molecule is [C]1=C[C@@](c2cnn(C3CC3)c2)(C2CC2)COC1. The summed E-state index contributed by atoms with van der Waals surface area (Å²) in [6.45, 7) is 1.45. The second-order valence-electron chi connectivity index (χ2n) is 5.60. The quantitative estimate of drug-likeness (QED) is 0.795. The highest BCUT2D eigenvalue weighted by atomic mass is 16.5. The molecule has 89 valence electrons. The molecule has 1 aromatic rings. The van der Waals surface area contributed by atoms with Crippen molar-refractivity contribution in [2.24, 2.45) is 5.92 Å². The van der Waals surface area contributed by atoms with Crippen LogP contribution in [-0.4, -0.2) is 23.0 Å². The van der Waals surface area contributed by atoms with Gasteiger partial charge in [0.1, 0.15) is 0 Å². The minimum absolute atomic E-state index is 0.0748. The van der Waals surface area contributed by atoms with Gasteiger partial charge in [-0.25, -0.2) is 0 Å². The number of ether oxygens (including phenoxy) is 1. The van der Waals surface area contributed by atoms with Crippen molar-refractivity contribution < 1.29 is 4.74 Å². The highest BCUT2D eigenvalue weighted by Crippen LogP contribution is 2.49. The monoisotopic (exact) mass is 229 g/mol. The third kappa shape index (κ3) is 1.56. The Labute approximate surface area is 101 Å². The Kier molecular flexibility index (Phi) is 2.01. The molecular weight excluding hydrogens is 212 g/mol. The predicted octanol–water partition coefficient (Wildman–Crippen LogP) is 2.26. The van der Waals surface area contributed by atoms with Crippen LogP contribution in [0.15, 0.2) is 18.5 Å². The molecule has 3 heteroatoms. The van der Waals surface area contributed by atoms with Gasteiger partial charge in [0.2, 0.25) is 0 Å². The Bertz CT molecular complexity index is 457. The van der Waals surface area contributed by atoms with Crippen molar-refractivity contribution in [1.29, 1.82) is 0 Å². The van der Waals surface area contributed by atoms with Crippen LogP contribution in [0, 0.1) is 12.0 Å². The maximum atomic E-state index is 5.65. The minimum Gasteiger partial charge on any atom is -0.376 e. The van der Waals surface area contributed by atoms with Crippen molar-refractivity contribution >= 4 is 0 Å². The van der Waals surface area contributed by atoms with Crippen molar-refractivity contribution in [2.45, 2.75) is 37.1 Å². The molecule has 1 atom stereocenters. The van der Waals surface area contributed by atoms with E-state index in [2.05, 4.69) is 28.1 Å². The zero-order valence-corrected chi connectivity index (χ0v) is 9.93. The molecule has 2 saturated carbocycles. The van der Waals surface area contributed by atoms with Crippen LogP contribution >= 0.6 is 0 Å². The zero-order valence-electron chi connectivity index (χ0n) is 9.93. The number of hydrogen-bond acceptors (Lipinski definition) is 2. The largest absolute Gasteiger partial charge is 0.376 e. The maximum Gasteiger partial charge on any atom is 0.0718 e. The average Bonchev–Trinajstić information content (AvgIpc) is 3.28. The van der Waals surface area contributed by atoms with Gasteiger partial charge in [0.05, 0.1) is 25.5 Å². The Morgan fingerprint density at radius 3 is 2.88 bits per heavy atom. The fraction of sp³-hybridized carbons (Fsp3) is 0.643. The summed E-state index contributed by atoms with van der Waals surface area (Å²) in [5, 5.41) is 4.52. The van der Waals surface area contributed by atoms with Crippen LogP contribution in [-0.2, 0) is 10.2 Å². The first kappa shape index (κ1) is 9.89. The standard InChI is InChI=1S/C14H17N2O/c1-6-14(10-17-7-1,11-2-3-11)12-8-15-16(9-12)13-4-5-13/h6,8-9,11,13H,2-5,7,10H2/t14-/m0/s1. The molecule has 1 aromatic heterocycles. The number of rotatable bonds is 3. The zero-order chi connectivity index (χ0) is 11.3. The van der Waals surface area contributed by atoms with E-state index in [1.165, 1.54) is 31.2 Å². The Balaban J connectivity index is 1.72. The molecule has 1 radical (unpaired) electrons. The van der Waals surface area contributed by atoms with Gasteiger partial charge >= 0.3 is 0 Å². The summed E-state index contributed by atoms with van der Waals surface area (Å²) in [5.41, 5.74) is 1.41. The summed E-state index contributed by atoms with van der Waals surface area (Å²) in [6, 6.07) is 0.664. The highest BCUT2D eigenvalue weighted by molar-refractivity contribution is 5.31. The van der Waals surface area contributed by atoms with Gasteiger partial charge in [-0.15, -0.1) is 0 Å². The first-order chi connectivity index (χ1) is 8.38. The van der Waals surface area contributed by atoms with E-state index in [4.69, 9.17) is 4.74 Å². The molecule has 2 heterocycles. The molecule has 0 unspecified atom stereocenters. The molecule has 0 aromatic carbocycles. The molecule has 2 aliphatic carbocycles. The molecule has 0 N–H and O–H groups in total.